The van der Waals surface area contributed by atoms with Crippen molar-refractivity contribution in [2.24, 2.45) is 5.92 Å². The molecular weight excluding hydrogens is 168 g/mol. The first kappa shape index (κ1) is 8.97. The topological polar surface area (TPSA) is 50.4 Å². The van der Waals surface area contributed by atoms with Crippen molar-refractivity contribution in [1.29, 1.82) is 0 Å². The average Bonchev–Trinajstić information content (AvgIpc) is 2.62. The van der Waals surface area contributed by atoms with Crippen LogP contribution in [0.2, 0.25) is 0 Å². The molecular formula is C9H16N2O2. The summed E-state index contributed by atoms with van der Waals surface area (Å²) < 4.78 is 5.00. The average molecular weight is 184 g/mol. The van der Waals surface area contributed by atoms with Crippen molar-refractivity contribution < 1.29 is 9.53 Å². The Balaban J connectivity index is 1.96. The van der Waals surface area contributed by atoms with Crippen molar-refractivity contribution in [3.05, 3.63) is 0 Å². The summed E-state index contributed by atoms with van der Waals surface area (Å²) >= 11 is 0. The third-order valence-corrected chi connectivity index (χ3v) is 2.93. The second-order valence-corrected chi connectivity index (χ2v) is 3.65. The number of ether oxygens (including phenoxy) is 1. The van der Waals surface area contributed by atoms with Gasteiger partial charge in [-0.15, -0.1) is 0 Å². The Labute approximate surface area is 78.0 Å². The van der Waals surface area contributed by atoms with Crippen molar-refractivity contribution in [1.82, 2.24) is 10.6 Å². The zero-order chi connectivity index (χ0) is 9.26. The van der Waals surface area contributed by atoms with E-state index in [1.807, 2.05) is 6.92 Å². The summed E-state index contributed by atoms with van der Waals surface area (Å²) in [6, 6.07) is 0.411. The Morgan fingerprint density at radius 2 is 2.38 bits per heavy atom. The van der Waals surface area contributed by atoms with Crippen LogP contribution in [-0.2, 0) is 9.53 Å². The van der Waals surface area contributed by atoms with E-state index in [-0.39, 0.29) is 12.0 Å². The minimum Gasteiger partial charge on any atom is -0.465 e. The van der Waals surface area contributed by atoms with Crippen LogP contribution < -0.4 is 10.6 Å². The van der Waals surface area contributed by atoms with Gasteiger partial charge in [-0.1, -0.05) is 0 Å². The summed E-state index contributed by atoms with van der Waals surface area (Å²) in [5.41, 5.74) is 0. The number of fused-ring (bicyclic) bond motifs is 1. The molecule has 4 heteroatoms. The van der Waals surface area contributed by atoms with Gasteiger partial charge in [0.2, 0.25) is 0 Å². The maximum absolute atomic E-state index is 11.5. The van der Waals surface area contributed by atoms with Crippen molar-refractivity contribution in [2.45, 2.75) is 25.4 Å². The van der Waals surface area contributed by atoms with Gasteiger partial charge < -0.3 is 15.4 Å². The maximum atomic E-state index is 11.5. The van der Waals surface area contributed by atoms with Crippen LogP contribution in [0, 0.1) is 5.92 Å². The van der Waals surface area contributed by atoms with Crippen molar-refractivity contribution >= 4 is 5.97 Å². The van der Waals surface area contributed by atoms with Gasteiger partial charge in [0.1, 0.15) is 6.04 Å². The highest BCUT2D eigenvalue weighted by Crippen LogP contribution is 2.25. The normalized spacial score (nSPS) is 37.5. The van der Waals surface area contributed by atoms with Crippen LogP contribution in [0.15, 0.2) is 0 Å². The van der Waals surface area contributed by atoms with E-state index < -0.39 is 0 Å². The van der Waals surface area contributed by atoms with E-state index in [0.29, 0.717) is 18.6 Å². The van der Waals surface area contributed by atoms with Gasteiger partial charge in [0.05, 0.1) is 6.61 Å². The molecule has 0 aliphatic carbocycles. The number of carbonyl (C=O) groups is 1. The second-order valence-electron chi connectivity index (χ2n) is 3.65. The molecule has 2 aliphatic heterocycles. The molecule has 2 saturated heterocycles. The number of esters is 1. The van der Waals surface area contributed by atoms with Crippen LogP contribution >= 0.6 is 0 Å². The van der Waals surface area contributed by atoms with E-state index in [9.17, 15) is 4.79 Å². The lowest BCUT2D eigenvalue weighted by molar-refractivity contribution is -0.146. The Morgan fingerprint density at radius 1 is 1.54 bits per heavy atom. The Morgan fingerprint density at radius 3 is 3.15 bits per heavy atom. The smallest absolute Gasteiger partial charge is 0.323 e. The molecule has 4 nitrogen and oxygen atoms in total. The van der Waals surface area contributed by atoms with Gasteiger partial charge in [-0.2, -0.15) is 0 Å². The molecule has 0 aromatic heterocycles. The van der Waals surface area contributed by atoms with Crippen LogP contribution in [0.5, 0.6) is 0 Å². The zero-order valence-electron chi connectivity index (χ0n) is 7.88. The predicted octanol–water partition coefficient (Wildman–Crippen LogP) is -0.501. The zero-order valence-corrected chi connectivity index (χ0v) is 7.88. The summed E-state index contributed by atoms with van der Waals surface area (Å²) in [4.78, 5) is 11.5. The van der Waals surface area contributed by atoms with Gasteiger partial charge in [-0.3, -0.25) is 4.79 Å². The molecule has 74 valence electrons. The van der Waals surface area contributed by atoms with Gasteiger partial charge in [-0.05, 0) is 19.9 Å². The summed E-state index contributed by atoms with van der Waals surface area (Å²) in [6.45, 7) is 4.25. The molecule has 0 amide bonds. The van der Waals surface area contributed by atoms with Gasteiger partial charge in [0.15, 0.2) is 0 Å². The standard InChI is InChI=1S/C9H16N2O2/c1-2-13-9(12)8-6-3-4-10-7(6)5-11-8/h6-8,10-11H,2-5H2,1H3/t6-,7-,8+/m0/s1. The first-order valence-electron chi connectivity index (χ1n) is 4.96. The molecule has 0 saturated carbocycles. The quantitative estimate of drug-likeness (QED) is 0.568. The van der Waals surface area contributed by atoms with Crippen molar-refractivity contribution in [3.63, 3.8) is 0 Å². The first-order chi connectivity index (χ1) is 6.33. The Kier molecular flexibility index (Phi) is 2.51. The maximum Gasteiger partial charge on any atom is 0.323 e. The fourth-order valence-corrected chi connectivity index (χ4v) is 2.31. The lowest BCUT2D eigenvalue weighted by atomic mass is 9.97. The first-order valence-corrected chi connectivity index (χ1v) is 4.96. The van der Waals surface area contributed by atoms with E-state index in [0.717, 1.165) is 19.5 Å². The monoisotopic (exact) mass is 184 g/mol. The van der Waals surface area contributed by atoms with Crippen molar-refractivity contribution in [3.8, 4) is 0 Å². The SMILES string of the molecule is CCOC(=O)[C@@H]1NC[C@@H]2NCC[C@@H]21. The van der Waals surface area contributed by atoms with Crippen LogP contribution in [0.25, 0.3) is 0 Å². The minimum atomic E-state index is -0.0845. The highest BCUT2D eigenvalue weighted by atomic mass is 16.5. The number of carbonyl (C=O) groups excluding carboxylic acids is 1. The number of nitrogens with one attached hydrogen (secondary N) is 2. The fourth-order valence-electron chi connectivity index (χ4n) is 2.31. The van der Waals surface area contributed by atoms with Gasteiger partial charge >= 0.3 is 5.97 Å². The largest absolute Gasteiger partial charge is 0.465 e. The van der Waals surface area contributed by atoms with Crippen molar-refractivity contribution in [2.75, 3.05) is 19.7 Å². The second kappa shape index (κ2) is 3.64. The predicted molar refractivity (Wildman–Crippen MR) is 48.3 cm³/mol. The molecule has 2 heterocycles. The summed E-state index contributed by atoms with van der Waals surface area (Å²) in [7, 11) is 0. The third kappa shape index (κ3) is 1.56. The number of hydrogen-bond acceptors (Lipinski definition) is 4. The highest BCUT2D eigenvalue weighted by molar-refractivity contribution is 5.77. The Bertz CT molecular complexity index is 208. The molecule has 0 aromatic carbocycles. The molecule has 0 unspecified atom stereocenters. The molecule has 2 fully saturated rings. The summed E-state index contributed by atoms with van der Waals surface area (Å²) in [5, 5.41) is 6.58. The lowest BCUT2D eigenvalue weighted by Gasteiger charge is -2.15. The lowest BCUT2D eigenvalue weighted by Crippen LogP contribution is -2.37. The van der Waals surface area contributed by atoms with Crippen LogP contribution in [0.3, 0.4) is 0 Å². The summed E-state index contributed by atoms with van der Waals surface area (Å²) in [5.74, 6) is 0.359. The molecule has 0 radical (unpaired) electrons. The third-order valence-electron chi connectivity index (χ3n) is 2.93. The van der Waals surface area contributed by atoms with E-state index in [1.165, 1.54) is 0 Å². The number of rotatable bonds is 2. The van der Waals surface area contributed by atoms with E-state index in [4.69, 9.17) is 4.74 Å². The van der Waals surface area contributed by atoms with E-state index >= 15 is 0 Å². The number of hydrogen-bond donors (Lipinski definition) is 2. The van der Waals surface area contributed by atoms with Gasteiger partial charge in [0, 0.05) is 18.5 Å². The molecule has 0 aromatic rings. The van der Waals surface area contributed by atoms with Crippen LogP contribution in [-0.4, -0.2) is 37.7 Å². The molecule has 13 heavy (non-hydrogen) atoms. The molecule has 0 bridgehead atoms. The molecule has 2 rings (SSSR count). The van der Waals surface area contributed by atoms with E-state index in [1.54, 1.807) is 0 Å². The molecule has 0 spiro atoms. The molecule has 3 atom stereocenters. The molecule has 2 N–H and O–H groups in total. The van der Waals surface area contributed by atoms with Crippen LogP contribution in [0.4, 0.5) is 0 Å². The van der Waals surface area contributed by atoms with Crippen LogP contribution in [0.1, 0.15) is 13.3 Å². The highest BCUT2D eigenvalue weighted by Gasteiger charge is 2.43. The summed E-state index contributed by atoms with van der Waals surface area (Å²) in [6.07, 6.45) is 1.08. The fraction of sp³-hybridized carbons (Fsp3) is 0.889. The molecule has 2 aliphatic rings. The minimum absolute atomic E-state index is 0.0695. The van der Waals surface area contributed by atoms with Gasteiger partial charge in [0.25, 0.3) is 0 Å². The van der Waals surface area contributed by atoms with Gasteiger partial charge in [-0.25, -0.2) is 0 Å². The van der Waals surface area contributed by atoms with E-state index in [2.05, 4.69) is 10.6 Å². The Hall–Kier alpha value is -0.610.